The molecule has 1 aliphatic carbocycles. The van der Waals surface area contributed by atoms with E-state index in [1.54, 1.807) is 7.05 Å². The van der Waals surface area contributed by atoms with E-state index in [1.807, 2.05) is 0 Å². The highest BCUT2D eigenvalue weighted by atomic mass is 19.1. The van der Waals surface area contributed by atoms with Crippen molar-refractivity contribution in [3.8, 4) is 0 Å². The third kappa shape index (κ3) is 2.36. The van der Waals surface area contributed by atoms with Gasteiger partial charge in [-0.3, -0.25) is 4.79 Å². The number of benzene rings is 1. The van der Waals surface area contributed by atoms with Gasteiger partial charge in [0.1, 0.15) is 17.2 Å². The lowest BCUT2D eigenvalue weighted by atomic mass is 10.1. The van der Waals surface area contributed by atoms with E-state index in [2.05, 4.69) is 0 Å². The summed E-state index contributed by atoms with van der Waals surface area (Å²) in [4.78, 5) is 13.5. The fraction of sp³-hybridized carbons (Fsp3) is 0.462. The number of hydrogen-bond acceptors (Lipinski definition) is 2. The number of hydrogen-bond donors (Lipinski definition) is 1. The van der Waals surface area contributed by atoms with Crippen LogP contribution in [-0.2, 0) is 0 Å². The molecule has 0 radical (unpaired) electrons. The minimum absolute atomic E-state index is 0.142. The van der Waals surface area contributed by atoms with Crippen molar-refractivity contribution in [2.24, 2.45) is 11.7 Å². The molecule has 1 fully saturated rings. The van der Waals surface area contributed by atoms with Crippen molar-refractivity contribution < 1.29 is 13.6 Å². The maximum absolute atomic E-state index is 13.5. The Bertz CT molecular complexity index is 440. The second-order valence-electron chi connectivity index (χ2n) is 4.65. The summed E-state index contributed by atoms with van der Waals surface area (Å²) >= 11 is 0. The van der Waals surface area contributed by atoms with E-state index in [9.17, 15) is 13.6 Å². The van der Waals surface area contributed by atoms with Gasteiger partial charge in [0.15, 0.2) is 0 Å². The first-order valence-electron chi connectivity index (χ1n) is 5.97. The molecular formula is C13H16F2N2O. The molecule has 3 nitrogen and oxygen atoms in total. The molecule has 0 spiro atoms. The van der Waals surface area contributed by atoms with Gasteiger partial charge in [-0.2, -0.15) is 0 Å². The van der Waals surface area contributed by atoms with Crippen LogP contribution < -0.4 is 5.73 Å². The van der Waals surface area contributed by atoms with Crippen molar-refractivity contribution in [2.45, 2.75) is 18.9 Å². The Kier molecular flexibility index (Phi) is 3.61. The molecule has 0 bridgehead atoms. The predicted octanol–water partition coefficient (Wildman–Crippen LogP) is 1.77. The standard InChI is InChI=1S/C13H16F2N2O/c1-17(11(7-16)8-5-6-8)13(18)12-9(14)3-2-4-10(12)15/h2-4,8,11H,5-7,16H2,1H3. The van der Waals surface area contributed by atoms with Crippen LogP contribution in [0.4, 0.5) is 8.78 Å². The van der Waals surface area contributed by atoms with Crippen LogP contribution in [-0.4, -0.2) is 30.4 Å². The lowest BCUT2D eigenvalue weighted by molar-refractivity contribution is 0.0708. The van der Waals surface area contributed by atoms with Gasteiger partial charge < -0.3 is 10.6 Å². The molecule has 1 aromatic carbocycles. The Morgan fingerprint density at radius 2 is 2.00 bits per heavy atom. The first kappa shape index (κ1) is 13.0. The third-order valence-corrected chi connectivity index (χ3v) is 3.40. The summed E-state index contributed by atoms with van der Waals surface area (Å²) in [6.07, 6.45) is 2.03. The smallest absolute Gasteiger partial charge is 0.259 e. The van der Waals surface area contributed by atoms with Gasteiger partial charge in [-0.25, -0.2) is 8.78 Å². The number of likely N-dealkylation sites (N-methyl/N-ethyl adjacent to an activating group) is 1. The number of halogens is 2. The van der Waals surface area contributed by atoms with Crippen molar-refractivity contribution in [2.75, 3.05) is 13.6 Å². The van der Waals surface area contributed by atoms with E-state index in [-0.39, 0.29) is 6.04 Å². The number of nitrogens with zero attached hydrogens (tertiary/aromatic N) is 1. The zero-order valence-electron chi connectivity index (χ0n) is 10.2. The Morgan fingerprint density at radius 3 is 2.44 bits per heavy atom. The van der Waals surface area contributed by atoms with Gasteiger partial charge in [0.2, 0.25) is 0 Å². The molecule has 1 aromatic rings. The highest BCUT2D eigenvalue weighted by Gasteiger charge is 2.36. The van der Waals surface area contributed by atoms with Crippen LogP contribution in [0.5, 0.6) is 0 Å². The quantitative estimate of drug-likeness (QED) is 0.890. The zero-order chi connectivity index (χ0) is 13.3. The van der Waals surface area contributed by atoms with E-state index in [1.165, 1.54) is 11.0 Å². The number of nitrogens with two attached hydrogens (primary N) is 1. The summed E-state index contributed by atoms with van der Waals surface area (Å²) in [6.45, 7) is 0.309. The Labute approximate surface area is 105 Å². The molecule has 0 saturated heterocycles. The Balaban J connectivity index is 2.24. The molecule has 98 valence electrons. The van der Waals surface area contributed by atoms with Crippen molar-refractivity contribution >= 4 is 5.91 Å². The lowest BCUT2D eigenvalue weighted by Crippen LogP contribution is -2.43. The fourth-order valence-electron chi connectivity index (χ4n) is 2.18. The summed E-state index contributed by atoms with van der Waals surface area (Å²) in [5, 5.41) is 0. The van der Waals surface area contributed by atoms with Gasteiger partial charge in [-0.15, -0.1) is 0 Å². The molecule has 1 atom stereocenters. The van der Waals surface area contributed by atoms with Gasteiger partial charge in [0.25, 0.3) is 5.91 Å². The minimum atomic E-state index is -0.835. The zero-order valence-corrected chi connectivity index (χ0v) is 10.2. The first-order valence-corrected chi connectivity index (χ1v) is 5.97. The second-order valence-corrected chi connectivity index (χ2v) is 4.65. The van der Waals surface area contributed by atoms with Crippen LogP contribution in [0.25, 0.3) is 0 Å². The van der Waals surface area contributed by atoms with Crippen LogP contribution in [0.1, 0.15) is 23.2 Å². The number of amides is 1. The van der Waals surface area contributed by atoms with Crippen LogP contribution in [0.2, 0.25) is 0 Å². The summed E-state index contributed by atoms with van der Waals surface area (Å²) < 4.78 is 27.1. The van der Waals surface area contributed by atoms with E-state index in [0.29, 0.717) is 12.5 Å². The monoisotopic (exact) mass is 254 g/mol. The van der Waals surface area contributed by atoms with E-state index >= 15 is 0 Å². The summed E-state index contributed by atoms with van der Waals surface area (Å²) in [6, 6.07) is 3.26. The molecular weight excluding hydrogens is 238 g/mol. The van der Waals surface area contributed by atoms with E-state index < -0.39 is 23.1 Å². The lowest BCUT2D eigenvalue weighted by Gasteiger charge is -2.27. The molecule has 1 aliphatic rings. The number of rotatable bonds is 4. The Hall–Kier alpha value is -1.49. The van der Waals surface area contributed by atoms with Crippen LogP contribution >= 0.6 is 0 Å². The van der Waals surface area contributed by atoms with Gasteiger partial charge >= 0.3 is 0 Å². The van der Waals surface area contributed by atoms with Crippen molar-refractivity contribution in [3.05, 3.63) is 35.4 Å². The van der Waals surface area contributed by atoms with E-state index in [0.717, 1.165) is 25.0 Å². The average Bonchev–Trinajstić information content (AvgIpc) is 3.14. The SMILES string of the molecule is CN(C(=O)c1c(F)cccc1F)C(CN)C1CC1. The molecule has 1 saturated carbocycles. The highest BCUT2D eigenvalue weighted by molar-refractivity contribution is 5.94. The van der Waals surface area contributed by atoms with Gasteiger partial charge in [0, 0.05) is 19.6 Å². The maximum atomic E-state index is 13.5. The largest absolute Gasteiger partial charge is 0.337 e. The molecule has 1 amide bonds. The fourth-order valence-corrected chi connectivity index (χ4v) is 2.18. The molecule has 18 heavy (non-hydrogen) atoms. The topological polar surface area (TPSA) is 46.3 Å². The summed E-state index contributed by atoms with van der Waals surface area (Å²) in [5.41, 5.74) is 5.12. The van der Waals surface area contributed by atoms with Gasteiger partial charge in [-0.1, -0.05) is 6.07 Å². The molecule has 2 N–H and O–H groups in total. The first-order chi connectivity index (χ1) is 8.56. The predicted molar refractivity (Wildman–Crippen MR) is 64.0 cm³/mol. The molecule has 0 aliphatic heterocycles. The molecule has 0 heterocycles. The van der Waals surface area contributed by atoms with Gasteiger partial charge in [-0.05, 0) is 30.9 Å². The molecule has 1 unspecified atom stereocenters. The minimum Gasteiger partial charge on any atom is -0.337 e. The van der Waals surface area contributed by atoms with Crippen molar-refractivity contribution in [1.82, 2.24) is 4.90 Å². The third-order valence-electron chi connectivity index (χ3n) is 3.40. The van der Waals surface area contributed by atoms with Gasteiger partial charge in [0.05, 0.1) is 0 Å². The maximum Gasteiger partial charge on any atom is 0.259 e. The van der Waals surface area contributed by atoms with Crippen molar-refractivity contribution in [3.63, 3.8) is 0 Å². The summed E-state index contributed by atoms with van der Waals surface area (Å²) in [5.74, 6) is -1.96. The van der Waals surface area contributed by atoms with Crippen LogP contribution in [0.3, 0.4) is 0 Å². The number of carbonyl (C=O) groups is 1. The normalized spacial score (nSPS) is 16.4. The second kappa shape index (κ2) is 5.02. The highest BCUT2D eigenvalue weighted by Crippen LogP contribution is 2.35. The Morgan fingerprint density at radius 1 is 1.44 bits per heavy atom. The van der Waals surface area contributed by atoms with E-state index in [4.69, 9.17) is 5.73 Å². The molecule has 2 rings (SSSR count). The van der Waals surface area contributed by atoms with Crippen LogP contribution in [0, 0.1) is 17.6 Å². The van der Waals surface area contributed by atoms with Crippen molar-refractivity contribution in [1.29, 1.82) is 0 Å². The summed E-state index contributed by atoms with van der Waals surface area (Å²) in [7, 11) is 1.55. The van der Waals surface area contributed by atoms with Crippen LogP contribution in [0.15, 0.2) is 18.2 Å². The average molecular weight is 254 g/mol. The molecule has 0 aromatic heterocycles. The number of carbonyl (C=O) groups excluding carboxylic acids is 1. The molecule has 5 heteroatoms.